The van der Waals surface area contributed by atoms with Crippen molar-refractivity contribution < 1.29 is 19.0 Å². The first kappa shape index (κ1) is 22.5. The van der Waals surface area contributed by atoms with E-state index >= 15 is 0 Å². The highest BCUT2D eigenvalue weighted by Crippen LogP contribution is 2.42. The lowest BCUT2D eigenvalue weighted by Gasteiger charge is -2.45. The molecule has 0 saturated carbocycles. The van der Waals surface area contributed by atoms with Gasteiger partial charge in [0.25, 0.3) is 5.91 Å². The van der Waals surface area contributed by atoms with Crippen molar-refractivity contribution in [2.24, 2.45) is 0 Å². The molecule has 0 fully saturated rings. The van der Waals surface area contributed by atoms with Crippen molar-refractivity contribution in [2.75, 3.05) is 29.0 Å². The van der Waals surface area contributed by atoms with E-state index in [1.165, 1.54) is 12.1 Å². The molecule has 0 aliphatic carbocycles. The molecule has 4 rings (SSSR count). The van der Waals surface area contributed by atoms with E-state index in [9.17, 15) is 14.3 Å². The SMILES string of the molecule is CCN(c1cc(F)ccc1C)N1C(=O)C(C)(C)Nc2ccc(-c3ccc(O)cc3OC)cc21. The van der Waals surface area contributed by atoms with Gasteiger partial charge in [0.15, 0.2) is 0 Å². The molecule has 2 N–H and O–H groups in total. The number of methoxy groups -OCH3 is 1. The predicted molar refractivity (Wildman–Crippen MR) is 129 cm³/mol. The molecule has 7 heteroatoms. The first-order chi connectivity index (χ1) is 15.7. The van der Waals surface area contributed by atoms with Crippen molar-refractivity contribution in [2.45, 2.75) is 33.2 Å². The van der Waals surface area contributed by atoms with Crippen LogP contribution in [0.4, 0.5) is 21.5 Å². The third-order valence-electron chi connectivity index (χ3n) is 5.89. The van der Waals surface area contributed by atoms with Gasteiger partial charge >= 0.3 is 0 Å². The number of halogens is 1. The van der Waals surface area contributed by atoms with Crippen LogP contribution in [0.2, 0.25) is 0 Å². The van der Waals surface area contributed by atoms with Gasteiger partial charge in [-0.3, -0.25) is 9.80 Å². The third-order valence-corrected chi connectivity index (χ3v) is 5.89. The molecule has 1 aliphatic rings. The van der Waals surface area contributed by atoms with Crippen molar-refractivity contribution in [3.63, 3.8) is 0 Å². The molecular weight excluding hydrogens is 421 g/mol. The number of ether oxygens (including phenoxy) is 1. The van der Waals surface area contributed by atoms with Crippen LogP contribution in [0.3, 0.4) is 0 Å². The molecule has 1 aliphatic heterocycles. The number of anilines is 3. The lowest BCUT2D eigenvalue weighted by molar-refractivity contribution is -0.122. The number of nitrogens with zero attached hydrogens (tertiary/aromatic N) is 2. The van der Waals surface area contributed by atoms with Crippen molar-refractivity contribution >= 4 is 23.0 Å². The first-order valence-corrected chi connectivity index (χ1v) is 10.8. The smallest absolute Gasteiger partial charge is 0.270 e. The number of aromatic hydroxyl groups is 1. The average molecular weight is 450 g/mol. The summed E-state index contributed by atoms with van der Waals surface area (Å²) < 4.78 is 19.6. The summed E-state index contributed by atoms with van der Waals surface area (Å²) in [5.41, 5.74) is 3.66. The Balaban J connectivity index is 1.91. The Morgan fingerprint density at radius 1 is 1.12 bits per heavy atom. The summed E-state index contributed by atoms with van der Waals surface area (Å²) >= 11 is 0. The molecule has 6 nitrogen and oxygen atoms in total. The predicted octanol–water partition coefficient (Wildman–Crippen LogP) is 5.49. The first-order valence-electron chi connectivity index (χ1n) is 10.8. The van der Waals surface area contributed by atoms with Gasteiger partial charge < -0.3 is 15.2 Å². The lowest BCUT2D eigenvalue weighted by Crippen LogP contribution is -2.60. The van der Waals surface area contributed by atoms with E-state index in [2.05, 4.69) is 5.32 Å². The monoisotopic (exact) mass is 449 g/mol. The van der Waals surface area contributed by atoms with Crippen LogP contribution >= 0.6 is 0 Å². The Hall–Kier alpha value is -3.74. The molecule has 0 spiro atoms. The van der Waals surface area contributed by atoms with Crippen molar-refractivity contribution in [3.8, 4) is 22.6 Å². The Morgan fingerprint density at radius 3 is 2.58 bits per heavy atom. The molecule has 0 radical (unpaired) electrons. The zero-order valence-electron chi connectivity index (χ0n) is 19.4. The summed E-state index contributed by atoms with van der Waals surface area (Å²) in [6, 6.07) is 15.3. The van der Waals surface area contributed by atoms with Crippen LogP contribution in [0.15, 0.2) is 54.6 Å². The molecule has 0 bridgehead atoms. The quantitative estimate of drug-likeness (QED) is 0.539. The number of phenols is 1. The van der Waals surface area contributed by atoms with Gasteiger partial charge in [-0.1, -0.05) is 12.1 Å². The van der Waals surface area contributed by atoms with Crippen LogP contribution in [0.25, 0.3) is 11.1 Å². The Bertz CT molecular complexity index is 1230. The number of phenolic OH excluding ortho intramolecular Hbond substituents is 1. The molecule has 1 amide bonds. The Kier molecular flexibility index (Phi) is 5.66. The zero-order chi connectivity index (χ0) is 23.9. The molecule has 33 heavy (non-hydrogen) atoms. The summed E-state index contributed by atoms with van der Waals surface area (Å²) in [6.07, 6.45) is 0. The van der Waals surface area contributed by atoms with Gasteiger partial charge in [0.05, 0.1) is 24.2 Å². The Morgan fingerprint density at radius 2 is 1.88 bits per heavy atom. The number of carbonyl (C=O) groups excluding carboxylic acids is 1. The molecule has 0 saturated heterocycles. The number of fused-ring (bicyclic) bond motifs is 1. The van der Waals surface area contributed by atoms with Crippen LogP contribution in [-0.2, 0) is 4.79 Å². The number of carbonyl (C=O) groups is 1. The molecule has 0 unspecified atom stereocenters. The van der Waals surface area contributed by atoms with Gasteiger partial charge in [0, 0.05) is 18.2 Å². The van der Waals surface area contributed by atoms with Crippen LogP contribution in [0, 0.1) is 12.7 Å². The second-order valence-electron chi connectivity index (χ2n) is 8.63. The largest absolute Gasteiger partial charge is 0.508 e. The number of hydrogen-bond donors (Lipinski definition) is 2. The number of aryl methyl sites for hydroxylation is 1. The van der Waals surface area contributed by atoms with Crippen molar-refractivity contribution in [1.29, 1.82) is 0 Å². The van der Waals surface area contributed by atoms with E-state index in [-0.39, 0.29) is 17.5 Å². The van der Waals surface area contributed by atoms with Crippen molar-refractivity contribution in [3.05, 3.63) is 66.0 Å². The normalized spacial score (nSPS) is 14.5. The minimum atomic E-state index is -0.862. The van der Waals surface area contributed by atoms with Gasteiger partial charge in [-0.2, -0.15) is 0 Å². The molecule has 0 aromatic heterocycles. The second kappa shape index (κ2) is 8.31. The van der Waals surface area contributed by atoms with E-state index < -0.39 is 5.54 Å². The standard InChI is InChI=1S/C26H28FN3O3/c1-6-29(22-14-18(27)9-7-16(22)2)30-23-13-17(20-11-10-19(31)15-24(20)33-5)8-12-21(23)28-26(3,4)25(30)32/h7-15,28,31H,6H2,1-5H3. The van der Waals surface area contributed by atoms with Gasteiger partial charge in [-0.25, -0.2) is 9.40 Å². The summed E-state index contributed by atoms with van der Waals surface area (Å²) in [5.74, 6) is 0.104. The van der Waals surface area contributed by atoms with Crippen LogP contribution < -0.4 is 20.1 Å². The van der Waals surface area contributed by atoms with Crippen LogP contribution in [-0.4, -0.2) is 30.2 Å². The number of hydrogen-bond acceptors (Lipinski definition) is 5. The molecule has 0 atom stereocenters. The zero-order valence-corrected chi connectivity index (χ0v) is 19.4. The highest BCUT2D eigenvalue weighted by molar-refractivity contribution is 6.09. The number of hydrazine groups is 1. The van der Waals surface area contributed by atoms with Crippen LogP contribution in [0.1, 0.15) is 26.3 Å². The fourth-order valence-electron chi connectivity index (χ4n) is 4.18. The molecule has 1 heterocycles. The molecule has 3 aromatic carbocycles. The van der Waals surface area contributed by atoms with Gasteiger partial charge in [-0.15, -0.1) is 0 Å². The van der Waals surface area contributed by atoms with E-state index in [0.29, 0.717) is 23.7 Å². The number of nitrogens with one attached hydrogen (secondary N) is 1. The second-order valence-corrected chi connectivity index (χ2v) is 8.63. The average Bonchev–Trinajstić information content (AvgIpc) is 2.78. The maximum Gasteiger partial charge on any atom is 0.270 e. The molecular formula is C26H28FN3O3. The fraction of sp³-hybridized carbons (Fsp3) is 0.269. The maximum absolute atomic E-state index is 14.2. The van der Waals surface area contributed by atoms with Gasteiger partial charge in [0.2, 0.25) is 0 Å². The minimum absolute atomic E-state index is 0.104. The maximum atomic E-state index is 14.2. The molecule has 172 valence electrons. The Labute approximate surface area is 193 Å². The number of benzene rings is 3. The number of rotatable bonds is 5. The summed E-state index contributed by atoms with van der Waals surface area (Å²) in [7, 11) is 1.54. The summed E-state index contributed by atoms with van der Waals surface area (Å²) in [4.78, 5) is 13.7. The minimum Gasteiger partial charge on any atom is -0.508 e. The van der Waals surface area contributed by atoms with E-state index in [0.717, 1.165) is 22.4 Å². The number of amides is 1. The highest BCUT2D eigenvalue weighted by Gasteiger charge is 2.41. The highest BCUT2D eigenvalue weighted by atomic mass is 19.1. The van der Waals surface area contributed by atoms with Crippen LogP contribution in [0.5, 0.6) is 11.5 Å². The topological polar surface area (TPSA) is 65.0 Å². The van der Waals surface area contributed by atoms with E-state index in [1.807, 2.05) is 45.9 Å². The van der Waals surface area contributed by atoms with Gasteiger partial charge in [0.1, 0.15) is 22.9 Å². The van der Waals surface area contributed by atoms with Gasteiger partial charge in [-0.05, 0) is 75.2 Å². The van der Waals surface area contributed by atoms with Crippen molar-refractivity contribution in [1.82, 2.24) is 0 Å². The summed E-state index contributed by atoms with van der Waals surface area (Å²) in [6.45, 7) is 7.94. The summed E-state index contributed by atoms with van der Waals surface area (Å²) in [5, 5.41) is 16.6. The fourth-order valence-corrected chi connectivity index (χ4v) is 4.18. The molecule has 3 aromatic rings. The van der Waals surface area contributed by atoms with E-state index in [4.69, 9.17) is 4.74 Å². The van der Waals surface area contributed by atoms with E-state index in [1.54, 1.807) is 41.4 Å². The lowest BCUT2D eigenvalue weighted by atomic mass is 9.96. The third kappa shape index (κ3) is 3.95.